The summed E-state index contributed by atoms with van der Waals surface area (Å²) in [5, 5.41) is 2.04. The molecule has 0 bridgehead atoms. The minimum absolute atomic E-state index is 0.0116. The molecule has 2 aromatic heterocycles. The molecule has 0 spiro atoms. The molecule has 3 aromatic rings. The lowest BCUT2D eigenvalue weighted by molar-refractivity contribution is -0.133. The summed E-state index contributed by atoms with van der Waals surface area (Å²) in [6, 6.07) is 11.1. The minimum Gasteiger partial charge on any atom is -0.459 e. The molecule has 190 valence electrons. The van der Waals surface area contributed by atoms with Crippen LogP contribution in [0.4, 0.5) is 0 Å². The van der Waals surface area contributed by atoms with Crippen molar-refractivity contribution in [1.29, 1.82) is 0 Å². The van der Waals surface area contributed by atoms with Crippen LogP contribution in [-0.4, -0.2) is 66.0 Å². The fraction of sp³-hybridized carbons (Fsp3) is 0.407. The van der Waals surface area contributed by atoms with Crippen molar-refractivity contribution in [3.8, 4) is 11.5 Å². The molecule has 0 N–H and O–H groups in total. The molecule has 0 unspecified atom stereocenters. The van der Waals surface area contributed by atoms with Gasteiger partial charge >= 0.3 is 0 Å². The number of likely N-dealkylation sites (tertiary alicyclic amines) is 1. The number of ether oxygens (including phenoxy) is 2. The topological polar surface area (TPSA) is 75.5 Å². The first-order valence-electron chi connectivity index (χ1n) is 12.3. The van der Waals surface area contributed by atoms with E-state index in [2.05, 4.69) is 17.9 Å². The zero-order valence-corrected chi connectivity index (χ0v) is 21.3. The van der Waals surface area contributed by atoms with Gasteiger partial charge in [0.25, 0.3) is 5.91 Å². The van der Waals surface area contributed by atoms with Crippen LogP contribution in [0.5, 0.6) is 11.5 Å². The van der Waals surface area contributed by atoms with E-state index >= 15 is 0 Å². The van der Waals surface area contributed by atoms with Crippen LogP contribution in [0.15, 0.2) is 52.5 Å². The van der Waals surface area contributed by atoms with Crippen LogP contribution in [-0.2, 0) is 17.9 Å². The molecular weight excluding hydrogens is 478 g/mol. The Balaban J connectivity index is 1.34. The molecule has 0 atom stereocenters. The molecule has 0 aliphatic carbocycles. The molecule has 2 aliphatic heterocycles. The normalized spacial score (nSPS) is 14.8. The fourth-order valence-corrected chi connectivity index (χ4v) is 5.49. The van der Waals surface area contributed by atoms with Gasteiger partial charge in [0.05, 0.1) is 12.8 Å². The van der Waals surface area contributed by atoms with E-state index in [1.165, 1.54) is 19.1 Å². The third-order valence-corrected chi connectivity index (χ3v) is 7.70. The minimum atomic E-state index is -0.261. The number of benzene rings is 1. The van der Waals surface area contributed by atoms with Gasteiger partial charge in [-0.3, -0.25) is 9.59 Å². The summed E-state index contributed by atoms with van der Waals surface area (Å²) in [7, 11) is 0. The number of furan rings is 1. The van der Waals surface area contributed by atoms with E-state index in [4.69, 9.17) is 13.9 Å². The Morgan fingerprint density at radius 1 is 1.03 bits per heavy atom. The van der Waals surface area contributed by atoms with Crippen molar-refractivity contribution < 1.29 is 23.5 Å². The maximum atomic E-state index is 13.7. The highest BCUT2D eigenvalue weighted by atomic mass is 32.1. The molecule has 5 rings (SSSR count). The highest BCUT2D eigenvalue weighted by Gasteiger charge is 2.26. The van der Waals surface area contributed by atoms with Gasteiger partial charge in [-0.1, -0.05) is 6.07 Å². The monoisotopic (exact) mass is 509 g/mol. The number of aryl methyl sites for hydroxylation is 1. The number of fused-ring (bicyclic) bond motifs is 1. The van der Waals surface area contributed by atoms with Gasteiger partial charge in [-0.15, -0.1) is 11.3 Å². The van der Waals surface area contributed by atoms with Gasteiger partial charge in [0.1, 0.15) is 6.54 Å². The van der Waals surface area contributed by atoms with E-state index in [1.807, 2.05) is 28.5 Å². The lowest BCUT2D eigenvalue weighted by Crippen LogP contribution is -2.45. The molecule has 9 heteroatoms. The zero-order chi connectivity index (χ0) is 24.9. The highest BCUT2D eigenvalue weighted by molar-refractivity contribution is 7.10. The highest BCUT2D eigenvalue weighted by Crippen LogP contribution is 2.33. The Labute approximate surface area is 215 Å². The predicted octanol–water partition coefficient (Wildman–Crippen LogP) is 4.15. The van der Waals surface area contributed by atoms with Crippen LogP contribution in [0.2, 0.25) is 0 Å². The number of hydrogen-bond acceptors (Lipinski definition) is 7. The molecule has 0 saturated carbocycles. The first kappa shape index (κ1) is 24.4. The van der Waals surface area contributed by atoms with E-state index < -0.39 is 0 Å². The third-order valence-electron chi connectivity index (χ3n) is 6.70. The summed E-state index contributed by atoms with van der Waals surface area (Å²) in [5.41, 5.74) is 2.10. The number of hydrogen-bond donors (Lipinski definition) is 0. The van der Waals surface area contributed by atoms with E-state index in [0.29, 0.717) is 31.1 Å². The Bertz CT molecular complexity index is 1190. The summed E-state index contributed by atoms with van der Waals surface area (Å²) < 4.78 is 16.3. The van der Waals surface area contributed by atoms with E-state index in [1.54, 1.807) is 28.4 Å². The SMILES string of the molecule is Cc1ccsc1CN(Cc1ccc2c(c1)OCO2)C(=O)CN(CCN1CCCC1)C(=O)c1ccco1. The van der Waals surface area contributed by atoms with Gasteiger partial charge in [0, 0.05) is 24.5 Å². The van der Waals surface area contributed by atoms with E-state index in [-0.39, 0.29) is 30.9 Å². The molecule has 2 amide bonds. The van der Waals surface area contributed by atoms with Crippen molar-refractivity contribution in [2.75, 3.05) is 39.5 Å². The lowest BCUT2D eigenvalue weighted by atomic mass is 10.1. The zero-order valence-electron chi connectivity index (χ0n) is 20.5. The average Bonchev–Trinajstić information content (AvgIpc) is 3.69. The molecule has 1 saturated heterocycles. The van der Waals surface area contributed by atoms with Gasteiger partial charge in [-0.05, 0) is 79.7 Å². The van der Waals surface area contributed by atoms with Crippen molar-refractivity contribution in [1.82, 2.24) is 14.7 Å². The fourth-order valence-electron chi connectivity index (χ4n) is 4.57. The van der Waals surface area contributed by atoms with Crippen molar-refractivity contribution in [3.63, 3.8) is 0 Å². The first-order chi connectivity index (χ1) is 17.6. The van der Waals surface area contributed by atoms with Gasteiger partial charge in [-0.25, -0.2) is 0 Å². The molecule has 1 fully saturated rings. The maximum Gasteiger partial charge on any atom is 0.290 e. The van der Waals surface area contributed by atoms with Gasteiger partial charge < -0.3 is 28.6 Å². The van der Waals surface area contributed by atoms with Crippen molar-refractivity contribution in [3.05, 3.63) is 69.8 Å². The Morgan fingerprint density at radius 2 is 1.86 bits per heavy atom. The van der Waals surface area contributed by atoms with Crippen LogP contribution in [0.3, 0.4) is 0 Å². The smallest absolute Gasteiger partial charge is 0.290 e. The Kier molecular flexibility index (Phi) is 7.58. The number of thiophene rings is 1. The van der Waals surface area contributed by atoms with Crippen LogP contribution >= 0.6 is 11.3 Å². The Morgan fingerprint density at radius 3 is 2.61 bits per heavy atom. The number of rotatable bonds is 10. The molecular formula is C27H31N3O5S. The first-order valence-corrected chi connectivity index (χ1v) is 13.2. The third kappa shape index (κ3) is 5.74. The molecule has 8 nitrogen and oxygen atoms in total. The summed E-state index contributed by atoms with van der Waals surface area (Å²) in [6.07, 6.45) is 3.84. The van der Waals surface area contributed by atoms with Crippen LogP contribution in [0, 0.1) is 6.92 Å². The quantitative estimate of drug-likeness (QED) is 0.409. The number of nitrogens with zero attached hydrogens (tertiary/aromatic N) is 3. The Hall–Kier alpha value is -3.30. The van der Waals surface area contributed by atoms with Crippen LogP contribution < -0.4 is 9.47 Å². The molecule has 0 radical (unpaired) electrons. The largest absolute Gasteiger partial charge is 0.459 e. The van der Waals surface area contributed by atoms with Crippen molar-refractivity contribution in [2.45, 2.75) is 32.9 Å². The lowest BCUT2D eigenvalue weighted by Gasteiger charge is -2.28. The molecule has 36 heavy (non-hydrogen) atoms. The van der Waals surface area contributed by atoms with Gasteiger partial charge in [0.2, 0.25) is 12.7 Å². The van der Waals surface area contributed by atoms with E-state index in [0.717, 1.165) is 35.6 Å². The van der Waals surface area contributed by atoms with Crippen molar-refractivity contribution in [2.24, 2.45) is 0 Å². The van der Waals surface area contributed by atoms with E-state index in [9.17, 15) is 9.59 Å². The molecule has 2 aliphatic rings. The summed E-state index contributed by atoms with van der Waals surface area (Å²) >= 11 is 1.64. The van der Waals surface area contributed by atoms with Crippen molar-refractivity contribution >= 4 is 23.2 Å². The summed E-state index contributed by atoms with van der Waals surface area (Å²) in [6.45, 7) is 6.41. The summed E-state index contributed by atoms with van der Waals surface area (Å²) in [4.78, 5) is 33.9. The number of carbonyl (C=O) groups excluding carboxylic acids is 2. The second-order valence-corrected chi connectivity index (χ2v) is 10.2. The average molecular weight is 510 g/mol. The maximum absolute atomic E-state index is 13.7. The van der Waals surface area contributed by atoms with Gasteiger partial charge in [0.15, 0.2) is 17.3 Å². The molecule has 4 heterocycles. The second-order valence-electron chi connectivity index (χ2n) is 9.22. The van der Waals surface area contributed by atoms with Crippen LogP contribution in [0.25, 0.3) is 0 Å². The summed E-state index contributed by atoms with van der Waals surface area (Å²) in [5.74, 6) is 1.28. The predicted molar refractivity (Wildman–Crippen MR) is 136 cm³/mol. The van der Waals surface area contributed by atoms with Gasteiger partial charge in [-0.2, -0.15) is 0 Å². The standard InChI is InChI=1S/C27H31N3O5S/c1-20-8-14-36-25(20)17-30(16-21-6-7-22-24(15-21)35-19-34-22)26(31)18-29(12-11-28-9-2-3-10-28)27(32)23-5-4-13-33-23/h4-8,13-15H,2-3,9-12,16-19H2,1H3. The molecule has 1 aromatic carbocycles. The number of carbonyl (C=O) groups is 2. The van der Waals surface area contributed by atoms with Crippen LogP contribution in [0.1, 0.15) is 39.4 Å². The number of amides is 2. The second kappa shape index (κ2) is 11.2.